The summed E-state index contributed by atoms with van der Waals surface area (Å²) in [6, 6.07) is 9.67. The smallest absolute Gasteiger partial charge is 0.224 e. The van der Waals surface area contributed by atoms with Crippen molar-refractivity contribution in [2.24, 2.45) is 0 Å². The molecule has 2 aromatic rings. The molecule has 3 rings (SSSR count). The number of amides is 1. The molecule has 0 radical (unpaired) electrons. The number of rotatable bonds is 7. The predicted octanol–water partition coefficient (Wildman–Crippen LogP) is 3.05. The highest BCUT2D eigenvalue weighted by Crippen LogP contribution is 2.25. The van der Waals surface area contributed by atoms with E-state index in [9.17, 15) is 9.18 Å². The first-order chi connectivity index (χ1) is 12.7. The molecule has 0 aliphatic carbocycles. The molecule has 1 amide bonds. The van der Waals surface area contributed by atoms with Crippen LogP contribution in [0.25, 0.3) is 0 Å². The van der Waals surface area contributed by atoms with Gasteiger partial charge in [0.05, 0.1) is 6.61 Å². The summed E-state index contributed by atoms with van der Waals surface area (Å²) in [6.07, 6.45) is 4.07. The number of nitrogens with zero attached hydrogens (tertiary/aromatic N) is 2. The summed E-state index contributed by atoms with van der Waals surface area (Å²) < 4.78 is 19.3. The lowest BCUT2D eigenvalue weighted by Crippen LogP contribution is -2.34. The first kappa shape index (κ1) is 18.3. The van der Waals surface area contributed by atoms with Gasteiger partial charge in [0, 0.05) is 37.8 Å². The number of hydrogen-bond acceptors (Lipinski definition) is 5. The summed E-state index contributed by atoms with van der Waals surface area (Å²) in [6.45, 7) is 2.40. The molecule has 0 saturated carbocycles. The maximum Gasteiger partial charge on any atom is 0.224 e. The van der Waals surface area contributed by atoms with Gasteiger partial charge in [-0.25, -0.2) is 9.37 Å². The minimum absolute atomic E-state index is 0.0835. The van der Waals surface area contributed by atoms with Crippen molar-refractivity contribution in [1.29, 1.82) is 0 Å². The van der Waals surface area contributed by atoms with Gasteiger partial charge in [-0.05, 0) is 31.0 Å². The Labute approximate surface area is 151 Å². The van der Waals surface area contributed by atoms with Crippen molar-refractivity contribution < 1.29 is 18.8 Å². The van der Waals surface area contributed by atoms with Crippen molar-refractivity contribution in [1.82, 2.24) is 15.4 Å². The van der Waals surface area contributed by atoms with Crippen LogP contribution in [0.5, 0.6) is 11.6 Å². The lowest BCUT2D eigenvalue weighted by atomic mass is 10.2. The summed E-state index contributed by atoms with van der Waals surface area (Å²) in [4.78, 5) is 21.7. The average Bonchev–Trinajstić information content (AvgIpc) is 2.68. The van der Waals surface area contributed by atoms with E-state index in [1.165, 1.54) is 12.1 Å². The van der Waals surface area contributed by atoms with Gasteiger partial charge in [0.25, 0.3) is 0 Å². The zero-order valence-electron chi connectivity index (χ0n) is 14.5. The zero-order valence-corrected chi connectivity index (χ0v) is 14.5. The summed E-state index contributed by atoms with van der Waals surface area (Å²) in [7, 11) is 0. The van der Waals surface area contributed by atoms with Gasteiger partial charge in [0.2, 0.25) is 11.8 Å². The third-order valence-electron chi connectivity index (χ3n) is 4.03. The molecule has 0 unspecified atom stereocenters. The molecule has 0 bridgehead atoms. The van der Waals surface area contributed by atoms with Gasteiger partial charge in [-0.3, -0.25) is 9.63 Å². The van der Waals surface area contributed by atoms with E-state index in [-0.39, 0.29) is 24.1 Å². The van der Waals surface area contributed by atoms with E-state index in [4.69, 9.17) is 9.57 Å². The van der Waals surface area contributed by atoms with Crippen molar-refractivity contribution in [3.63, 3.8) is 0 Å². The number of hydroxylamine groups is 2. The van der Waals surface area contributed by atoms with Crippen LogP contribution in [-0.2, 0) is 16.2 Å². The molecule has 7 heteroatoms. The SMILES string of the molecule is O=C(CCN1CCCCO1)NCc1cccnc1Oc1ccccc1F. The van der Waals surface area contributed by atoms with E-state index in [1.807, 2.05) is 5.06 Å². The Morgan fingerprint density at radius 2 is 2.15 bits per heavy atom. The molecule has 6 nitrogen and oxygen atoms in total. The van der Waals surface area contributed by atoms with E-state index in [0.717, 1.165) is 19.4 Å². The van der Waals surface area contributed by atoms with E-state index < -0.39 is 5.82 Å². The lowest BCUT2D eigenvalue weighted by molar-refractivity contribution is -0.181. The number of carbonyl (C=O) groups is 1. The highest BCUT2D eigenvalue weighted by atomic mass is 19.1. The number of aromatic nitrogens is 1. The topological polar surface area (TPSA) is 63.7 Å². The van der Waals surface area contributed by atoms with Gasteiger partial charge >= 0.3 is 0 Å². The Kier molecular flexibility index (Phi) is 6.51. The Morgan fingerprint density at radius 1 is 1.27 bits per heavy atom. The Morgan fingerprint density at radius 3 is 2.96 bits per heavy atom. The Hall–Kier alpha value is -2.51. The molecule has 1 aromatic heterocycles. The molecule has 0 spiro atoms. The fourth-order valence-corrected chi connectivity index (χ4v) is 2.62. The fraction of sp³-hybridized carbons (Fsp3) is 0.368. The molecule has 1 N–H and O–H groups in total. The van der Waals surface area contributed by atoms with E-state index in [0.29, 0.717) is 25.1 Å². The first-order valence-corrected chi connectivity index (χ1v) is 8.73. The van der Waals surface area contributed by atoms with Crippen molar-refractivity contribution >= 4 is 5.91 Å². The second-order valence-corrected chi connectivity index (χ2v) is 6.00. The third kappa shape index (κ3) is 5.24. The van der Waals surface area contributed by atoms with Gasteiger partial charge in [0.1, 0.15) is 0 Å². The molecule has 26 heavy (non-hydrogen) atoms. The van der Waals surface area contributed by atoms with Crippen molar-refractivity contribution in [2.75, 3.05) is 19.7 Å². The van der Waals surface area contributed by atoms with Gasteiger partial charge in [0.15, 0.2) is 11.6 Å². The summed E-state index contributed by atoms with van der Waals surface area (Å²) in [5.41, 5.74) is 0.679. The van der Waals surface area contributed by atoms with E-state index >= 15 is 0 Å². The van der Waals surface area contributed by atoms with Crippen LogP contribution >= 0.6 is 0 Å². The lowest BCUT2D eigenvalue weighted by Gasteiger charge is -2.25. The molecule has 0 atom stereocenters. The van der Waals surface area contributed by atoms with Crippen LogP contribution < -0.4 is 10.1 Å². The minimum Gasteiger partial charge on any atom is -0.436 e. The maximum atomic E-state index is 13.8. The average molecular weight is 359 g/mol. The van der Waals surface area contributed by atoms with Crippen molar-refractivity contribution in [2.45, 2.75) is 25.8 Å². The highest BCUT2D eigenvalue weighted by molar-refractivity contribution is 5.76. The summed E-state index contributed by atoms with van der Waals surface area (Å²) in [5.74, 6) is -0.173. The van der Waals surface area contributed by atoms with Crippen LogP contribution in [0.15, 0.2) is 42.6 Å². The number of benzene rings is 1. The van der Waals surface area contributed by atoms with Crippen LogP contribution in [0.4, 0.5) is 4.39 Å². The number of ether oxygens (including phenoxy) is 1. The maximum absolute atomic E-state index is 13.8. The molecular formula is C19H22FN3O3. The van der Waals surface area contributed by atoms with Crippen LogP contribution in [-0.4, -0.2) is 35.7 Å². The molecule has 1 aromatic carbocycles. The van der Waals surface area contributed by atoms with E-state index in [1.54, 1.807) is 30.5 Å². The summed E-state index contributed by atoms with van der Waals surface area (Å²) in [5, 5.41) is 4.68. The molecular weight excluding hydrogens is 337 g/mol. The first-order valence-electron chi connectivity index (χ1n) is 8.73. The van der Waals surface area contributed by atoms with Crippen LogP contribution in [0.2, 0.25) is 0 Å². The zero-order chi connectivity index (χ0) is 18.2. The second-order valence-electron chi connectivity index (χ2n) is 6.00. The standard InChI is InChI=1S/C19H22FN3O3/c20-16-7-1-2-8-17(16)26-19-15(6-5-10-21-19)14-22-18(24)9-12-23-11-3-4-13-25-23/h1-2,5-8,10H,3-4,9,11-14H2,(H,22,24). The third-order valence-corrected chi connectivity index (χ3v) is 4.03. The Bertz CT molecular complexity index is 735. The van der Waals surface area contributed by atoms with Gasteiger partial charge in [-0.15, -0.1) is 0 Å². The summed E-state index contributed by atoms with van der Waals surface area (Å²) >= 11 is 0. The normalized spacial score (nSPS) is 14.8. The quantitative estimate of drug-likeness (QED) is 0.823. The van der Waals surface area contributed by atoms with Crippen LogP contribution in [0.1, 0.15) is 24.8 Å². The van der Waals surface area contributed by atoms with Gasteiger partial charge in [-0.2, -0.15) is 5.06 Å². The predicted molar refractivity (Wildman–Crippen MR) is 93.9 cm³/mol. The van der Waals surface area contributed by atoms with Crippen LogP contribution in [0, 0.1) is 5.82 Å². The molecule has 1 saturated heterocycles. The number of halogens is 1. The number of nitrogens with one attached hydrogen (secondary N) is 1. The molecule has 1 aliphatic rings. The molecule has 2 heterocycles. The molecule has 1 fully saturated rings. The van der Waals surface area contributed by atoms with Gasteiger partial charge in [-0.1, -0.05) is 18.2 Å². The monoisotopic (exact) mass is 359 g/mol. The molecule has 1 aliphatic heterocycles. The largest absolute Gasteiger partial charge is 0.436 e. The van der Waals surface area contributed by atoms with E-state index in [2.05, 4.69) is 10.3 Å². The molecule has 138 valence electrons. The van der Waals surface area contributed by atoms with Crippen molar-refractivity contribution in [3.05, 3.63) is 54.0 Å². The number of para-hydroxylation sites is 1. The second kappa shape index (κ2) is 9.26. The van der Waals surface area contributed by atoms with Gasteiger partial charge < -0.3 is 10.1 Å². The number of hydrogen-bond donors (Lipinski definition) is 1. The van der Waals surface area contributed by atoms with Crippen LogP contribution in [0.3, 0.4) is 0 Å². The van der Waals surface area contributed by atoms with Crippen molar-refractivity contribution in [3.8, 4) is 11.6 Å². The minimum atomic E-state index is -0.463. The Balaban J connectivity index is 1.53. The highest BCUT2D eigenvalue weighted by Gasteiger charge is 2.14. The number of pyridine rings is 1. The number of carbonyl (C=O) groups excluding carboxylic acids is 1. The fourth-order valence-electron chi connectivity index (χ4n) is 2.62.